The van der Waals surface area contributed by atoms with E-state index >= 15 is 0 Å². The molecular formula is C19H27N3O4. The van der Waals surface area contributed by atoms with Crippen molar-refractivity contribution in [3.8, 4) is 5.75 Å². The maximum absolute atomic E-state index is 13.0. The number of carboxylic acids is 1. The molecule has 26 heavy (non-hydrogen) atoms. The minimum absolute atomic E-state index is 0.0641. The Bertz CT molecular complexity index is 658. The zero-order chi connectivity index (χ0) is 18.7. The van der Waals surface area contributed by atoms with Crippen LogP contribution in [-0.2, 0) is 9.59 Å². The normalized spacial score (nSPS) is 22.2. The summed E-state index contributed by atoms with van der Waals surface area (Å²) in [6.45, 7) is 2.41. The fourth-order valence-corrected chi connectivity index (χ4v) is 4.08. The summed E-state index contributed by atoms with van der Waals surface area (Å²) in [5.41, 5.74) is 0.832. The molecule has 0 aliphatic carbocycles. The van der Waals surface area contributed by atoms with E-state index in [0.717, 1.165) is 43.8 Å². The highest BCUT2D eigenvalue weighted by atomic mass is 16.5. The quantitative estimate of drug-likeness (QED) is 0.823. The van der Waals surface area contributed by atoms with Gasteiger partial charge in [0.25, 0.3) is 0 Å². The number of para-hydroxylation sites is 2. The van der Waals surface area contributed by atoms with Crippen LogP contribution in [0.25, 0.3) is 0 Å². The summed E-state index contributed by atoms with van der Waals surface area (Å²) < 4.78 is 5.40. The lowest BCUT2D eigenvalue weighted by Gasteiger charge is -2.38. The molecule has 1 aromatic rings. The van der Waals surface area contributed by atoms with E-state index in [-0.39, 0.29) is 24.5 Å². The fraction of sp³-hybridized carbons (Fsp3) is 0.579. The second-order valence-corrected chi connectivity index (χ2v) is 7.04. The molecule has 7 heteroatoms. The van der Waals surface area contributed by atoms with Gasteiger partial charge in [0.1, 0.15) is 5.75 Å². The number of aliphatic carboxylic acids is 1. The predicted molar refractivity (Wildman–Crippen MR) is 98.6 cm³/mol. The lowest BCUT2D eigenvalue weighted by molar-refractivity contribution is -0.138. The van der Waals surface area contributed by atoms with Gasteiger partial charge in [0.2, 0.25) is 5.91 Å². The van der Waals surface area contributed by atoms with Crippen LogP contribution < -0.4 is 9.64 Å². The smallest absolute Gasteiger partial charge is 0.317 e. The van der Waals surface area contributed by atoms with Gasteiger partial charge in [0.05, 0.1) is 25.4 Å². The van der Waals surface area contributed by atoms with E-state index in [1.807, 2.05) is 41.1 Å². The third-order valence-corrected chi connectivity index (χ3v) is 5.50. The van der Waals surface area contributed by atoms with E-state index in [9.17, 15) is 9.59 Å². The first-order valence-electron chi connectivity index (χ1n) is 9.11. The van der Waals surface area contributed by atoms with E-state index in [1.54, 1.807) is 7.11 Å². The van der Waals surface area contributed by atoms with Crippen molar-refractivity contribution in [3.63, 3.8) is 0 Å². The second kappa shape index (κ2) is 8.05. The second-order valence-electron chi connectivity index (χ2n) is 7.04. The zero-order valence-corrected chi connectivity index (χ0v) is 15.4. The maximum Gasteiger partial charge on any atom is 0.317 e. The van der Waals surface area contributed by atoms with Crippen molar-refractivity contribution >= 4 is 17.6 Å². The van der Waals surface area contributed by atoms with Gasteiger partial charge in [0, 0.05) is 25.7 Å². The van der Waals surface area contributed by atoms with E-state index < -0.39 is 5.97 Å². The summed E-state index contributed by atoms with van der Waals surface area (Å²) in [7, 11) is 3.48. The van der Waals surface area contributed by atoms with Crippen LogP contribution in [0.15, 0.2) is 24.3 Å². The van der Waals surface area contributed by atoms with Crippen LogP contribution in [0.4, 0.5) is 5.69 Å². The Morgan fingerprint density at radius 2 is 1.92 bits per heavy atom. The first-order chi connectivity index (χ1) is 12.5. The molecule has 142 valence electrons. The summed E-state index contributed by atoms with van der Waals surface area (Å²) in [5.74, 6) is 0.0516. The first-order valence-corrected chi connectivity index (χ1v) is 9.11. The molecule has 0 radical (unpaired) electrons. The number of hydrogen-bond acceptors (Lipinski definition) is 5. The van der Waals surface area contributed by atoms with Crippen LogP contribution >= 0.6 is 0 Å². The third kappa shape index (κ3) is 3.83. The number of benzene rings is 1. The van der Waals surface area contributed by atoms with Crippen LogP contribution in [0.1, 0.15) is 19.3 Å². The fourth-order valence-electron chi connectivity index (χ4n) is 4.08. The van der Waals surface area contributed by atoms with E-state index in [4.69, 9.17) is 9.84 Å². The Hall–Kier alpha value is -2.12. The molecule has 1 aromatic carbocycles. The van der Waals surface area contributed by atoms with Crippen LogP contribution in [0.5, 0.6) is 5.75 Å². The Balaban J connectivity index is 1.60. The van der Waals surface area contributed by atoms with Crippen molar-refractivity contribution in [1.82, 2.24) is 9.80 Å². The van der Waals surface area contributed by atoms with Crippen molar-refractivity contribution < 1.29 is 19.4 Å². The zero-order valence-electron chi connectivity index (χ0n) is 15.4. The molecular weight excluding hydrogens is 334 g/mol. The molecule has 2 fully saturated rings. The van der Waals surface area contributed by atoms with Crippen LogP contribution in [0.2, 0.25) is 0 Å². The monoisotopic (exact) mass is 361 g/mol. The number of piperidine rings is 1. The molecule has 1 atom stereocenters. The summed E-state index contributed by atoms with van der Waals surface area (Å²) in [6, 6.07) is 7.79. The number of anilines is 1. The van der Waals surface area contributed by atoms with E-state index in [1.165, 1.54) is 0 Å². The van der Waals surface area contributed by atoms with E-state index in [2.05, 4.69) is 4.90 Å². The van der Waals surface area contributed by atoms with Crippen molar-refractivity contribution in [2.75, 3.05) is 45.2 Å². The van der Waals surface area contributed by atoms with Gasteiger partial charge in [-0.05, 0) is 38.4 Å². The van der Waals surface area contributed by atoms with E-state index in [0.29, 0.717) is 6.54 Å². The first kappa shape index (κ1) is 18.7. The Morgan fingerprint density at radius 1 is 1.23 bits per heavy atom. The Labute approximate surface area is 154 Å². The third-order valence-electron chi connectivity index (χ3n) is 5.50. The van der Waals surface area contributed by atoms with Crippen LogP contribution in [0, 0.1) is 0 Å². The molecule has 1 N–H and O–H groups in total. The number of carbonyl (C=O) groups excluding carboxylic acids is 1. The van der Waals surface area contributed by atoms with Crippen molar-refractivity contribution in [3.05, 3.63) is 24.3 Å². The highest BCUT2D eigenvalue weighted by molar-refractivity contribution is 6.00. The highest BCUT2D eigenvalue weighted by Crippen LogP contribution is 2.33. The highest BCUT2D eigenvalue weighted by Gasteiger charge is 2.39. The molecule has 0 spiro atoms. The number of nitrogens with zero attached hydrogens (tertiary/aromatic N) is 3. The molecule has 1 amide bonds. The van der Waals surface area contributed by atoms with Gasteiger partial charge in [0.15, 0.2) is 0 Å². The number of carbonyl (C=O) groups is 2. The minimum atomic E-state index is -0.798. The van der Waals surface area contributed by atoms with Crippen LogP contribution in [-0.4, -0.2) is 79.2 Å². The maximum atomic E-state index is 13.0. The standard InChI is InChI=1S/C19H27N3O4/c1-20(13-18(23)24)14-7-10-21(11-8-14)16-9-12-22(19(16)25)15-5-3-4-6-17(15)26-2/h3-6,14,16H,7-13H2,1-2H3,(H,23,24). The van der Waals surface area contributed by atoms with Gasteiger partial charge in [-0.15, -0.1) is 0 Å². The summed E-state index contributed by atoms with van der Waals surface area (Å²) in [5, 5.41) is 8.94. The minimum Gasteiger partial charge on any atom is -0.495 e. The number of methoxy groups -OCH3 is 1. The lowest BCUT2D eigenvalue weighted by Crippen LogP contribution is -2.50. The van der Waals surface area contributed by atoms with Gasteiger partial charge >= 0.3 is 5.97 Å². The Morgan fingerprint density at radius 3 is 2.58 bits per heavy atom. The van der Waals surface area contributed by atoms with Gasteiger partial charge in [-0.3, -0.25) is 19.4 Å². The molecule has 7 nitrogen and oxygen atoms in total. The summed E-state index contributed by atoms with van der Waals surface area (Å²) in [6.07, 6.45) is 2.59. The molecule has 0 saturated carbocycles. The predicted octanol–water partition coefficient (Wildman–Crippen LogP) is 1.28. The molecule has 0 bridgehead atoms. The number of likely N-dealkylation sites (tertiary alicyclic amines) is 1. The average Bonchev–Trinajstić information content (AvgIpc) is 3.02. The summed E-state index contributed by atoms with van der Waals surface area (Å²) >= 11 is 0. The number of carboxylic acid groups (broad SMARTS) is 1. The molecule has 1 unspecified atom stereocenters. The van der Waals surface area contributed by atoms with Crippen molar-refractivity contribution in [2.24, 2.45) is 0 Å². The Kier molecular flexibility index (Phi) is 5.78. The van der Waals surface area contributed by atoms with Crippen molar-refractivity contribution in [1.29, 1.82) is 0 Å². The van der Waals surface area contributed by atoms with Gasteiger partial charge in [-0.2, -0.15) is 0 Å². The molecule has 2 aliphatic rings. The SMILES string of the molecule is COc1ccccc1N1CCC(N2CCC(N(C)CC(=O)O)CC2)C1=O. The number of amides is 1. The van der Waals surface area contributed by atoms with Gasteiger partial charge in [-0.25, -0.2) is 0 Å². The van der Waals surface area contributed by atoms with Crippen LogP contribution in [0.3, 0.4) is 0 Å². The molecule has 2 heterocycles. The molecule has 2 saturated heterocycles. The summed E-state index contributed by atoms with van der Waals surface area (Å²) in [4.78, 5) is 29.8. The molecule has 3 rings (SSSR count). The average molecular weight is 361 g/mol. The topological polar surface area (TPSA) is 73.3 Å². The molecule has 0 aromatic heterocycles. The number of ether oxygens (including phenoxy) is 1. The largest absolute Gasteiger partial charge is 0.495 e. The van der Waals surface area contributed by atoms with Gasteiger partial charge < -0.3 is 14.7 Å². The van der Waals surface area contributed by atoms with Gasteiger partial charge in [-0.1, -0.05) is 12.1 Å². The number of hydrogen-bond donors (Lipinski definition) is 1. The number of likely N-dealkylation sites (N-methyl/N-ethyl adjacent to an activating group) is 1. The van der Waals surface area contributed by atoms with Crippen molar-refractivity contribution in [2.45, 2.75) is 31.3 Å². The lowest BCUT2D eigenvalue weighted by atomic mass is 10.0. The molecule has 2 aliphatic heterocycles. The number of rotatable bonds is 6.